The maximum atomic E-state index is 12.5. The zero-order chi connectivity index (χ0) is 10.6. The van der Waals surface area contributed by atoms with Gasteiger partial charge in [-0.15, -0.1) is 0 Å². The van der Waals surface area contributed by atoms with Crippen molar-refractivity contribution in [3.8, 4) is 0 Å². The predicted molar refractivity (Wildman–Crippen MR) is 53.5 cm³/mol. The van der Waals surface area contributed by atoms with E-state index in [9.17, 15) is 4.39 Å². The van der Waals surface area contributed by atoms with E-state index in [-0.39, 0.29) is 18.5 Å². The fraction of sp³-hybridized carbons (Fsp3) is 0.500. The third-order valence-corrected chi connectivity index (χ3v) is 2.06. The highest BCUT2D eigenvalue weighted by molar-refractivity contribution is 5.34. The van der Waals surface area contributed by atoms with Crippen molar-refractivity contribution in [3.05, 3.63) is 24.1 Å². The van der Waals surface area contributed by atoms with Crippen molar-refractivity contribution in [1.29, 1.82) is 0 Å². The Kier molecular flexibility index (Phi) is 3.83. The van der Waals surface area contributed by atoms with Gasteiger partial charge in [0.05, 0.1) is 18.8 Å². The molecule has 1 unspecified atom stereocenters. The largest absolute Gasteiger partial charge is 0.394 e. The van der Waals surface area contributed by atoms with Crippen molar-refractivity contribution < 1.29 is 9.50 Å². The van der Waals surface area contributed by atoms with E-state index < -0.39 is 0 Å². The molecule has 0 aliphatic carbocycles. The lowest BCUT2D eigenvalue weighted by molar-refractivity contribution is 0.249. The molecule has 1 heterocycles. The van der Waals surface area contributed by atoms with Gasteiger partial charge in [0, 0.05) is 0 Å². The summed E-state index contributed by atoms with van der Waals surface area (Å²) in [5.74, 6) is 0.520. The second kappa shape index (κ2) is 4.91. The molecule has 1 aromatic heterocycles. The van der Waals surface area contributed by atoms with Gasteiger partial charge in [0.25, 0.3) is 0 Å². The van der Waals surface area contributed by atoms with Crippen LogP contribution < -0.4 is 5.32 Å². The van der Waals surface area contributed by atoms with Gasteiger partial charge >= 0.3 is 0 Å². The van der Waals surface area contributed by atoms with E-state index in [1.807, 2.05) is 13.8 Å². The first-order valence-electron chi connectivity index (χ1n) is 4.62. The van der Waals surface area contributed by atoms with Crippen molar-refractivity contribution in [2.45, 2.75) is 19.9 Å². The first kappa shape index (κ1) is 10.9. The molecule has 0 saturated heterocycles. The predicted octanol–water partition coefficient (Wildman–Crippen LogP) is 1.65. The lowest BCUT2D eigenvalue weighted by Crippen LogP contribution is -2.29. The van der Waals surface area contributed by atoms with Crippen LogP contribution in [0.4, 0.5) is 10.2 Å². The van der Waals surface area contributed by atoms with Gasteiger partial charge in [0.2, 0.25) is 0 Å². The summed E-state index contributed by atoms with van der Waals surface area (Å²) in [6.07, 6.45) is 1.15. The molecule has 1 rings (SSSR count). The monoisotopic (exact) mass is 198 g/mol. The van der Waals surface area contributed by atoms with Gasteiger partial charge in [-0.1, -0.05) is 13.8 Å². The van der Waals surface area contributed by atoms with Crippen LogP contribution in [0.2, 0.25) is 0 Å². The Hall–Kier alpha value is -1.16. The quantitative estimate of drug-likeness (QED) is 0.773. The topological polar surface area (TPSA) is 45.1 Å². The Balaban J connectivity index is 2.63. The summed E-state index contributed by atoms with van der Waals surface area (Å²) in [5.41, 5.74) is 0. The Morgan fingerprint density at radius 2 is 2.21 bits per heavy atom. The van der Waals surface area contributed by atoms with Crippen LogP contribution in [0.25, 0.3) is 0 Å². The molecule has 3 nitrogen and oxygen atoms in total. The van der Waals surface area contributed by atoms with Gasteiger partial charge in [-0.05, 0) is 18.1 Å². The SMILES string of the molecule is CC(C)C(CO)Nc1ccc(F)cn1. The molecule has 0 aliphatic rings. The van der Waals surface area contributed by atoms with Crippen molar-refractivity contribution in [2.75, 3.05) is 11.9 Å². The number of hydrogen-bond acceptors (Lipinski definition) is 3. The first-order valence-corrected chi connectivity index (χ1v) is 4.62. The lowest BCUT2D eigenvalue weighted by Gasteiger charge is -2.20. The normalized spacial score (nSPS) is 12.9. The first-order chi connectivity index (χ1) is 6.63. The highest BCUT2D eigenvalue weighted by Gasteiger charge is 2.11. The standard InChI is InChI=1S/C10H15FN2O/c1-7(2)9(6-14)13-10-4-3-8(11)5-12-10/h3-5,7,9,14H,6H2,1-2H3,(H,12,13). The smallest absolute Gasteiger partial charge is 0.141 e. The number of hydrogen-bond donors (Lipinski definition) is 2. The van der Waals surface area contributed by atoms with E-state index >= 15 is 0 Å². The van der Waals surface area contributed by atoms with Crippen LogP contribution >= 0.6 is 0 Å². The van der Waals surface area contributed by atoms with Gasteiger partial charge in [-0.25, -0.2) is 9.37 Å². The van der Waals surface area contributed by atoms with Gasteiger partial charge in [0.15, 0.2) is 0 Å². The van der Waals surface area contributed by atoms with E-state index in [0.29, 0.717) is 11.7 Å². The van der Waals surface area contributed by atoms with Gasteiger partial charge < -0.3 is 10.4 Å². The molecule has 78 valence electrons. The average Bonchev–Trinajstić information content (AvgIpc) is 2.16. The number of nitrogens with zero attached hydrogens (tertiary/aromatic N) is 1. The van der Waals surface area contributed by atoms with Crippen molar-refractivity contribution in [2.24, 2.45) is 5.92 Å². The summed E-state index contributed by atoms with van der Waals surface area (Å²) < 4.78 is 12.5. The second-order valence-corrected chi connectivity index (χ2v) is 3.54. The van der Waals surface area contributed by atoms with Crippen LogP contribution in [-0.4, -0.2) is 22.7 Å². The number of pyridine rings is 1. The Morgan fingerprint density at radius 3 is 2.64 bits per heavy atom. The van der Waals surface area contributed by atoms with Crippen LogP contribution in [0, 0.1) is 11.7 Å². The summed E-state index contributed by atoms with van der Waals surface area (Å²) in [5, 5.41) is 12.1. The summed E-state index contributed by atoms with van der Waals surface area (Å²) in [6, 6.07) is 2.85. The Morgan fingerprint density at radius 1 is 1.50 bits per heavy atom. The third kappa shape index (κ3) is 2.96. The van der Waals surface area contributed by atoms with E-state index in [1.54, 1.807) is 6.07 Å². The molecule has 0 bridgehead atoms. The summed E-state index contributed by atoms with van der Waals surface area (Å²) in [7, 11) is 0. The molecule has 14 heavy (non-hydrogen) atoms. The van der Waals surface area contributed by atoms with E-state index in [2.05, 4.69) is 10.3 Å². The molecule has 1 aromatic rings. The van der Waals surface area contributed by atoms with E-state index in [4.69, 9.17) is 5.11 Å². The maximum absolute atomic E-state index is 12.5. The number of anilines is 1. The molecule has 4 heteroatoms. The number of nitrogens with one attached hydrogen (secondary N) is 1. The molecule has 0 spiro atoms. The van der Waals surface area contributed by atoms with Crippen LogP contribution in [-0.2, 0) is 0 Å². The summed E-state index contributed by atoms with van der Waals surface area (Å²) in [6.45, 7) is 4.03. The zero-order valence-electron chi connectivity index (χ0n) is 8.37. The number of halogens is 1. The lowest BCUT2D eigenvalue weighted by atomic mass is 10.1. The minimum atomic E-state index is -0.361. The fourth-order valence-corrected chi connectivity index (χ4v) is 1.07. The molecule has 2 N–H and O–H groups in total. The molecular formula is C10H15FN2O. The van der Waals surface area contributed by atoms with Crippen molar-refractivity contribution in [3.63, 3.8) is 0 Å². The van der Waals surface area contributed by atoms with Crippen molar-refractivity contribution >= 4 is 5.82 Å². The highest BCUT2D eigenvalue weighted by Crippen LogP contribution is 2.10. The number of aliphatic hydroxyl groups excluding tert-OH is 1. The van der Waals surface area contributed by atoms with Crippen LogP contribution in [0.3, 0.4) is 0 Å². The highest BCUT2D eigenvalue weighted by atomic mass is 19.1. The van der Waals surface area contributed by atoms with Gasteiger partial charge in [-0.3, -0.25) is 0 Å². The van der Waals surface area contributed by atoms with E-state index in [0.717, 1.165) is 6.20 Å². The molecule has 0 aromatic carbocycles. The van der Waals surface area contributed by atoms with Gasteiger partial charge in [0.1, 0.15) is 11.6 Å². The minimum absolute atomic E-state index is 0.0384. The minimum Gasteiger partial charge on any atom is -0.394 e. The summed E-state index contributed by atoms with van der Waals surface area (Å²) >= 11 is 0. The molecule has 0 aliphatic heterocycles. The average molecular weight is 198 g/mol. The molecule has 0 fully saturated rings. The van der Waals surface area contributed by atoms with Gasteiger partial charge in [-0.2, -0.15) is 0 Å². The van der Waals surface area contributed by atoms with Crippen LogP contribution in [0.15, 0.2) is 18.3 Å². The summed E-state index contributed by atoms with van der Waals surface area (Å²) in [4.78, 5) is 3.85. The number of rotatable bonds is 4. The van der Waals surface area contributed by atoms with Crippen LogP contribution in [0.5, 0.6) is 0 Å². The fourth-order valence-electron chi connectivity index (χ4n) is 1.07. The molecular weight excluding hydrogens is 183 g/mol. The second-order valence-electron chi connectivity index (χ2n) is 3.54. The Bertz CT molecular complexity index is 274. The van der Waals surface area contributed by atoms with Crippen LogP contribution in [0.1, 0.15) is 13.8 Å². The number of aromatic nitrogens is 1. The number of aliphatic hydroxyl groups is 1. The molecule has 1 atom stereocenters. The Labute approximate surface area is 83.0 Å². The van der Waals surface area contributed by atoms with E-state index in [1.165, 1.54) is 6.07 Å². The van der Waals surface area contributed by atoms with Crippen molar-refractivity contribution in [1.82, 2.24) is 4.98 Å². The zero-order valence-corrected chi connectivity index (χ0v) is 8.37. The maximum Gasteiger partial charge on any atom is 0.141 e. The molecule has 0 amide bonds. The molecule has 0 radical (unpaired) electrons. The molecule has 0 saturated carbocycles. The third-order valence-electron chi connectivity index (χ3n) is 2.06.